The largest absolute Gasteiger partial charge is 0.444 e. The fourth-order valence-electron chi connectivity index (χ4n) is 1.81. The van der Waals surface area contributed by atoms with Crippen LogP contribution in [0.3, 0.4) is 0 Å². The average Bonchev–Trinajstić information content (AvgIpc) is 2.71. The second-order valence-electron chi connectivity index (χ2n) is 4.72. The van der Waals surface area contributed by atoms with Gasteiger partial charge in [0.25, 0.3) is 0 Å². The van der Waals surface area contributed by atoms with Crippen LogP contribution in [0.5, 0.6) is 0 Å². The van der Waals surface area contributed by atoms with Gasteiger partial charge in [-0.2, -0.15) is 0 Å². The zero-order valence-electron chi connectivity index (χ0n) is 11.9. The van der Waals surface area contributed by atoms with Crippen LogP contribution in [-0.2, 0) is 16.6 Å². The number of aromatic nitrogens is 1. The second kappa shape index (κ2) is 5.45. The highest BCUT2D eigenvalue weighted by atomic mass is 32.2. The zero-order valence-corrected chi connectivity index (χ0v) is 12.7. The van der Waals surface area contributed by atoms with E-state index in [1.165, 1.54) is 13.0 Å². The van der Waals surface area contributed by atoms with Gasteiger partial charge in [-0.3, -0.25) is 0 Å². The number of aryl methyl sites for hydroxylation is 3. The Hall–Kier alpha value is -1.93. The molecule has 1 heterocycles. The summed E-state index contributed by atoms with van der Waals surface area (Å²) in [6.45, 7) is 4.76. The van der Waals surface area contributed by atoms with E-state index < -0.39 is 20.7 Å². The SMILES string of the molecule is Cc1cc(N)cc(S(=O)(=O)NCc2nc(C)c(C)o2)c1F. The molecule has 0 radical (unpaired) electrons. The van der Waals surface area contributed by atoms with Gasteiger partial charge < -0.3 is 10.2 Å². The summed E-state index contributed by atoms with van der Waals surface area (Å²) in [5, 5.41) is 0. The number of nitrogens with two attached hydrogens (primary N) is 1. The van der Waals surface area contributed by atoms with Crippen LogP contribution >= 0.6 is 0 Å². The predicted molar refractivity (Wildman–Crippen MR) is 75.6 cm³/mol. The number of benzene rings is 1. The van der Waals surface area contributed by atoms with Gasteiger partial charge in [0.05, 0.1) is 12.2 Å². The van der Waals surface area contributed by atoms with Gasteiger partial charge >= 0.3 is 0 Å². The maximum atomic E-state index is 14.0. The molecule has 0 saturated heterocycles. The number of sulfonamides is 1. The lowest BCUT2D eigenvalue weighted by atomic mass is 10.2. The minimum absolute atomic E-state index is 0.162. The molecule has 0 atom stereocenters. The summed E-state index contributed by atoms with van der Waals surface area (Å²) in [5.41, 5.74) is 6.58. The number of nitrogens with one attached hydrogen (secondary N) is 1. The molecule has 2 rings (SSSR count). The summed E-state index contributed by atoms with van der Waals surface area (Å²) in [7, 11) is -4.04. The van der Waals surface area contributed by atoms with Crippen molar-refractivity contribution in [3.05, 3.63) is 40.9 Å². The van der Waals surface area contributed by atoms with Crippen LogP contribution in [0, 0.1) is 26.6 Å². The fourth-order valence-corrected chi connectivity index (χ4v) is 2.97. The predicted octanol–water partition coefficient (Wildman–Crippen LogP) is 1.80. The smallest absolute Gasteiger partial charge is 0.244 e. The van der Waals surface area contributed by atoms with Gasteiger partial charge in [0.1, 0.15) is 16.5 Å². The van der Waals surface area contributed by atoms with E-state index >= 15 is 0 Å². The molecule has 0 aliphatic heterocycles. The van der Waals surface area contributed by atoms with Gasteiger partial charge in [-0.25, -0.2) is 22.5 Å². The topological polar surface area (TPSA) is 98.2 Å². The molecule has 3 N–H and O–H groups in total. The van der Waals surface area contributed by atoms with Gasteiger partial charge in [-0.15, -0.1) is 0 Å². The van der Waals surface area contributed by atoms with Crippen LogP contribution in [0.2, 0.25) is 0 Å². The lowest BCUT2D eigenvalue weighted by molar-refractivity contribution is 0.462. The highest BCUT2D eigenvalue weighted by Crippen LogP contribution is 2.21. The molecule has 1 aromatic heterocycles. The van der Waals surface area contributed by atoms with Crippen molar-refractivity contribution in [1.29, 1.82) is 0 Å². The number of hydrogen-bond acceptors (Lipinski definition) is 5. The van der Waals surface area contributed by atoms with Crippen molar-refractivity contribution in [2.24, 2.45) is 0 Å². The Kier molecular flexibility index (Phi) is 4.02. The molecular formula is C13H16FN3O3S. The van der Waals surface area contributed by atoms with Crippen LogP contribution < -0.4 is 10.5 Å². The summed E-state index contributed by atoms with van der Waals surface area (Å²) in [4.78, 5) is 3.57. The first-order valence-corrected chi connectivity index (χ1v) is 7.67. The average molecular weight is 313 g/mol. The van der Waals surface area contributed by atoms with Crippen molar-refractivity contribution in [2.75, 3.05) is 5.73 Å². The van der Waals surface area contributed by atoms with E-state index in [0.29, 0.717) is 11.5 Å². The first kappa shape index (κ1) is 15.5. The van der Waals surface area contributed by atoms with Gasteiger partial charge in [-0.1, -0.05) is 0 Å². The summed E-state index contributed by atoms with van der Waals surface area (Å²) >= 11 is 0. The van der Waals surface area contributed by atoms with Crippen LogP contribution in [0.15, 0.2) is 21.4 Å². The third kappa shape index (κ3) is 3.22. The zero-order chi connectivity index (χ0) is 15.8. The number of nitrogens with zero attached hydrogens (tertiary/aromatic N) is 1. The Morgan fingerprint density at radius 1 is 1.33 bits per heavy atom. The van der Waals surface area contributed by atoms with Crippen LogP contribution in [-0.4, -0.2) is 13.4 Å². The van der Waals surface area contributed by atoms with E-state index in [9.17, 15) is 12.8 Å². The van der Waals surface area contributed by atoms with Crippen LogP contribution in [0.25, 0.3) is 0 Å². The van der Waals surface area contributed by atoms with E-state index in [-0.39, 0.29) is 23.7 Å². The number of oxazole rings is 1. The summed E-state index contributed by atoms with van der Waals surface area (Å²) in [5.74, 6) is 0.00116. The van der Waals surface area contributed by atoms with Gasteiger partial charge in [0.15, 0.2) is 0 Å². The highest BCUT2D eigenvalue weighted by molar-refractivity contribution is 7.89. The first-order valence-electron chi connectivity index (χ1n) is 6.19. The van der Waals surface area contributed by atoms with E-state index in [1.807, 2.05) is 0 Å². The minimum Gasteiger partial charge on any atom is -0.444 e. The van der Waals surface area contributed by atoms with Crippen molar-refractivity contribution in [2.45, 2.75) is 32.2 Å². The molecule has 1 aromatic carbocycles. The molecule has 21 heavy (non-hydrogen) atoms. The number of halogens is 1. The highest BCUT2D eigenvalue weighted by Gasteiger charge is 2.22. The Balaban J connectivity index is 2.27. The normalized spacial score (nSPS) is 11.8. The number of hydrogen-bond donors (Lipinski definition) is 2. The molecule has 0 unspecified atom stereocenters. The van der Waals surface area contributed by atoms with Crippen molar-refractivity contribution in [3.63, 3.8) is 0 Å². The molecule has 114 valence electrons. The van der Waals surface area contributed by atoms with Crippen molar-refractivity contribution >= 4 is 15.7 Å². The van der Waals surface area contributed by atoms with Crippen molar-refractivity contribution in [3.8, 4) is 0 Å². The summed E-state index contributed by atoms with van der Waals surface area (Å²) in [6.07, 6.45) is 0. The van der Waals surface area contributed by atoms with E-state index in [2.05, 4.69) is 9.71 Å². The maximum Gasteiger partial charge on any atom is 0.244 e. The standard InChI is InChI=1S/C13H16FN3O3S/c1-7-4-10(15)5-11(13(7)14)21(18,19)16-6-12-17-8(2)9(3)20-12/h4-5,16H,6,15H2,1-3H3. The first-order chi connectivity index (χ1) is 9.70. The van der Waals surface area contributed by atoms with Gasteiger partial charge in [0.2, 0.25) is 15.9 Å². The lowest BCUT2D eigenvalue weighted by Gasteiger charge is -2.09. The summed E-state index contributed by atoms with van der Waals surface area (Å²) < 4.78 is 45.8. The molecule has 0 amide bonds. The van der Waals surface area contributed by atoms with Crippen LogP contribution in [0.1, 0.15) is 22.9 Å². The number of rotatable bonds is 4. The third-order valence-electron chi connectivity index (χ3n) is 3.02. The van der Waals surface area contributed by atoms with Crippen LogP contribution in [0.4, 0.5) is 10.1 Å². The second-order valence-corrected chi connectivity index (χ2v) is 6.46. The van der Waals surface area contributed by atoms with Gasteiger partial charge in [-0.05, 0) is 38.5 Å². The van der Waals surface area contributed by atoms with Gasteiger partial charge in [0, 0.05) is 5.69 Å². The molecular weight excluding hydrogens is 297 g/mol. The Morgan fingerprint density at radius 3 is 2.57 bits per heavy atom. The quantitative estimate of drug-likeness (QED) is 0.839. The van der Waals surface area contributed by atoms with Crippen molar-refractivity contribution in [1.82, 2.24) is 9.71 Å². The number of anilines is 1. The molecule has 0 aliphatic carbocycles. The van der Waals surface area contributed by atoms with E-state index in [4.69, 9.17) is 10.2 Å². The molecule has 0 aliphatic rings. The molecule has 0 spiro atoms. The number of nitrogen functional groups attached to an aromatic ring is 1. The monoisotopic (exact) mass is 313 g/mol. The Labute approximate surface area is 122 Å². The molecule has 0 saturated carbocycles. The fraction of sp³-hybridized carbons (Fsp3) is 0.308. The molecule has 0 bridgehead atoms. The Morgan fingerprint density at radius 2 is 2.00 bits per heavy atom. The molecule has 2 aromatic rings. The van der Waals surface area contributed by atoms with E-state index in [0.717, 1.165) is 6.07 Å². The van der Waals surface area contributed by atoms with E-state index in [1.54, 1.807) is 13.8 Å². The molecule has 0 fully saturated rings. The maximum absolute atomic E-state index is 14.0. The minimum atomic E-state index is -4.04. The summed E-state index contributed by atoms with van der Waals surface area (Å²) in [6, 6.07) is 2.45. The lowest BCUT2D eigenvalue weighted by Crippen LogP contribution is -2.24. The Bertz CT molecular complexity index is 765. The molecule has 8 heteroatoms. The molecule has 6 nitrogen and oxygen atoms in total. The van der Waals surface area contributed by atoms with Crippen molar-refractivity contribution < 1.29 is 17.2 Å². The third-order valence-corrected chi connectivity index (χ3v) is 4.42.